The molecule has 0 aliphatic carbocycles. The van der Waals surface area contributed by atoms with Gasteiger partial charge in [0.05, 0.1) is 7.11 Å². The lowest BCUT2D eigenvalue weighted by molar-refractivity contribution is 0.399. The molecule has 2 aromatic carbocycles. The van der Waals surface area contributed by atoms with Gasteiger partial charge in [0, 0.05) is 23.3 Å². The molecular formula is C20H19ClN2O. The first kappa shape index (κ1) is 16.5. The lowest BCUT2D eigenvalue weighted by Crippen LogP contribution is -1.98. The maximum Gasteiger partial charge on any atom is 0.221 e. The lowest BCUT2D eigenvalue weighted by Gasteiger charge is -2.11. The molecule has 0 aliphatic heterocycles. The average molecular weight is 339 g/mol. The van der Waals surface area contributed by atoms with Gasteiger partial charge in [-0.3, -0.25) is 0 Å². The molecule has 24 heavy (non-hydrogen) atoms. The number of halogens is 1. The predicted octanol–water partition coefficient (Wildman–Crippen LogP) is 4.46. The number of nitrogens with two attached hydrogens (primary N) is 1. The Bertz CT molecular complexity index is 831. The van der Waals surface area contributed by atoms with Crippen molar-refractivity contribution in [3.63, 3.8) is 0 Å². The quantitative estimate of drug-likeness (QED) is 0.747. The number of benzene rings is 2. The molecule has 2 N–H and O–H groups in total. The number of hydrogen-bond donors (Lipinski definition) is 1. The highest BCUT2D eigenvalue weighted by Crippen LogP contribution is 2.31. The Labute approximate surface area is 147 Å². The van der Waals surface area contributed by atoms with E-state index < -0.39 is 0 Å². The van der Waals surface area contributed by atoms with E-state index in [2.05, 4.69) is 35.3 Å². The summed E-state index contributed by atoms with van der Waals surface area (Å²) in [6.07, 6.45) is 2.65. The summed E-state index contributed by atoms with van der Waals surface area (Å²) in [6.45, 7) is 0.559. The highest BCUT2D eigenvalue weighted by Gasteiger charge is 2.10. The van der Waals surface area contributed by atoms with Crippen molar-refractivity contribution in [3.05, 3.63) is 82.5 Å². The molecule has 3 aromatic rings. The Balaban J connectivity index is 1.93. The molecule has 0 saturated heterocycles. The summed E-state index contributed by atoms with van der Waals surface area (Å²) in [7, 11) is 1.63. The Kier molecular flexibility index (Phi) is 5.14. The molecular weight excluding hydrogens is 320 g/mol. The van der Waals surface area contributed by atoms with Gasteiger partial charge in [0.15, 0.2) is 0 Å². The molecule has 0 atom stereocenters. The van der Waals surface area contributed by atoms with E-state index in [4.69, 9.17) is 22.1 Å². The second-order valence-electron chi connectivity index (χ2n) is 5.61. The molecule has 4 heteroatoms. The van der Waals surface area contributed by atoms with Gasteiger partial charge in [-0.2, -0.15) is 0 Å². The summed E-state index contributed by atoms with van der Waals surface area (Å²) in [4.78, 5) is 4.45. The van der Waals surface area contributed by atoms with Gasteiger partial charge in [0.25, 0.3) is 0 Å². The number of rotatable bonds is 5. The third-order valence-corrected chi connectivity index (χ3v) is 4.14. The summed E-state index contributed by atoms with van der Waals surface area (Å²) in [6, 6.07) is 18.1. The molecule has 0 spiro atoms. The standard InChI is InChI=1S/C20H19ClN2O/c1-24-20-19(17-3-2-4-18(21)11-17)10-16(13-23-20)9-14-5-7-15(12-22)8-6-14/h2-8,10-11,13H,9,12,22H2,1H3. The van der Waals surface area contributed by atoms with Gasteiger partial charge in [0.2, 0.25) is 5.88 Å². The van der Waals surface area contributed by atoms with Crippen molar-refractivity contribution < 1.29 is 4.74 Å². The summed E-state index contributed by atoms with van der Waals surface area (Å²) >= 11 is 6.12. The number of methoxy groups -OCH3 is 1. The van der Waals surface area contributed by atoms with Crippen LogP contribution in [0.15, 0.2) is 60.8 Å². The van der Waals surface area contributed by atoms with Gasteiger partial charge < -0.3 is 10.5 Å². The van der Waals surface area contributed by atoms with E-state index in [-0.39, 0.29) is 0 Å². The van der Waals surface area contributed by atoms with E-state index in [9.17, 15) is 0 Å². The van der Waals surface area contributed by atoms with E-state index in [0.717, 1.165) is 28.7 Å². The smallest absolute Gasteiger partial charge is 0.221 e. The number of ether oxygens (including phenoxy) is 1. The summed E-state index contributed by atoms with van der Waals surface area (Å²) in [5.41, 5.74) is 11.0. The van der Waals surface area contributed by atoms with Crippen LogP contribution in [-0.4, -0.2) is 12.1 Å². The van der Waals surface area contributed by atoms with Crippen LogP contribution in [0.3, 0.4) is 0 Å². The summed E-state index contributed by atoms with van der Waals surface area (Å²) in [5, 5.41) is 0.692. The van der Waals surface area contributed by atoms with E-state index >= 15 is 0 Å². The fourth-order valence-corrected chi connectivity index (χ4v) is 2.84. The van der Waals surface area contributed by atoms with Crippen molar-refractivity contribution >= 4 is 11.6 Å². The van der Waals surface area contributed by atoms with Crippen molar-refractivity contribution in [2.24, 2.45) is 5.73 Å². The minimum absolute atomic E-state index is 0.559. The molecule has 0 fully saturated rings. The summed E-state index contributed by atoms with van der Waals surface area (Å²) < 4.78 is 5.41. The van der Waals surface area contributed by atoms with Crippen LogP contribution in [0.5, 0.6) is 5.88 Å². The molecule has 3 rings (SSSR count). The highest BCUT2D eigenvalue weighted by atomic mass is 35.5. The topological polar surface area (TPSA) is 48.1 Å². The van der Waals surface area contributed by atoms with Crippen molar-refractivity contribution in [2.45, 2.75) is 13.0 Å². The molecule has 1 aromatic heterocycles. The number of pyridine rings is 1. The fraction of sp³-hybridized carbons (Fsp3) is 0.150. The molecule has 122 valence electrons. The van der Waals surface area contributed by atoms with E-state index in [1.165, 1.54) is 5.56 Å². The number of hydrogen-bond acceptors (Lipinski definition) is 3. The Hall–Kier alpha value is -2.36. The van der Waals surface area contributed by atoms with Crippen LogP contribution in [-0.2, 0) is 13.0 Å². The van der Waals surface area contributed by atoms with Crippen molar-refractivity contribution in [1.29, 1.82) is 0 Å². The maximum absolute atomic E-state index is 6.12. The van der Waals surface area contributed by atoms with Crippen LogP contribution >= 0.6 is 11.6 Å². The second kappa shape index (κ2) is 7.47. The normalized spacial score (nSPS) is 10.6. The van der Waals surface area contributed by atoms with Crippen LogP contribution in [0.4, 0.5) is 0 Å². The Morgan fingerprint density at radius 2 is 1.75 bits per heavy atom. The zero-order valence-electron chi connectivity index (χ0n) is 13.5. The van der Waals surface area contributed by atoms with Gasteiger partial charge in [-0.25, -0.2) is 4.98 Å². The van der Waals surface area contributed by atoms with Crippen LogP contribution in [0.25, 0.3) is 11.1 Å². The van der Waals surface area contributed by atoms with E-state index in [0.29, 0.717) is 17.4 Å². The SMILES string of the molecule is COc1ncc(Cc2ccc(CN)cc2)cc1-c1cccc(Cl)c1. The fourth-order valence-electron chi connectivity index (χ4n) is 2.65. The molecule has 3 nitrogen and oxygen atoms in total. The third-order valence-electron chi connectivity index (χ3n) is 3.90. The van der Waals surface area contributed by atoms with E-state index in [1.807, 2.05) is 30.5 Å². The summed E-state index contributed by atoms with van der Waals surface area (Å²) in [5.74, 6) is 0.597. The van der Waals surface area contributed by atoms with Crippen LogP contribution in [0.1, 0.15) is 16.7 Å². The predicted molar refractivity (Wildman–Crippen MR) is 98.4 cm³/mol. The largest absolute Gasteiger partial charge is 0.481 e. The molecule has 0 saturated carbocycles. The minimum atomic E-state index is 0.559. The highest BCUT2D eigenvalue weighted by molar-refractivity contribution is 6.30. The van der Waals surface area contributed by atoms with Gasteiger partial charge >= 0.3 is 0 Å². The van der Waals surface area contributed by atoms with Crippen molar-refractivity contribution in [1.82, 2.24) is 4.98 Å². The van der Waals surface area contributed by atoms with Gasteiger partial charge in [-0.15, -0.1) is 0 Å². The Morgan fingerprint density at radius 1 is 1.00 bits per heavy atom. The molecule has 1 heterocycles. The molecule has 0 radical (unpaired) electrons. The van der Waals surface area contributed by atoms with Gasteiger partial charge in [-0.1, -0.05) is 48.0 Å². The van der Waals surface area contributed by atoms with Crippen molar-refractivity contribution in [3.8, 4) is 17.0 Å². The molecule has 0 unspecified atom stereocenters. The molecule has 0 amide bonds. The second-order valence-corrected chi connectivity index (χ2v) is 6.04. The third kappa shape index (κ3) is 3.75. The lowest BCUT2D eigenvalue weighted by atomic mass is 10.0. The zero-order valence-corrected chi connectivity index (χ0v) is 14.3. The number of aromatic nitrogens is 1. The van der Waals surface area contributed by atoms with E-state index in [1.54, 1.807) is 7.11 Å². The minimum Gasteiger partial charge on any atom is -0.481 e. The van der Waals surface area contributed by atoms with Crippen molar-refractivity contribution in [2.75, 3.05) is 7.11 Å². The number of nitrogens with zero attached hydrogens (tertiary/aromatic N) is 1. The Morgan fingerprint density at radius 3 is 2.42 bits per heavy atom. The first-order valence-corrected chi connectivity index (χ1v) is 8.14. The van der Waals surface area contributed by atoms with Gasteiger partial charge in [-0.05, 0) is 46.9 Å². The first-order chi connectivity index (χ1) is 11.7. The molecule has 0 bridgehead atoms. The average Bonchev–Trinajstić information content (AvgIpc) is 2.62. The molecule has 0 aliphatic rings. The van der Waals surface area contributed by atoms with Crippen LogP contribution in [0, 0.1) is 0 Å². The maximum atomic E-state index is 6.12. The zero-order chi connectivity index (χ0) is 16.9. The van der Waals surface area contributed by atoms with Crippen LogP contribution in [0.2, 0.25) is 5.02 Å². The monoisotopic (exact) mass is 338 g/mol. The van der Waals surface area contributed by atoms with Gasteiger partial charge in [0.1, 0.15) is 0 Å². The van der Waals surface area contributed by atoms with Crippen LogP contribution < -0.4 is 10.5 Å². The first-order valence-electron chi connectivity index (χ1n) is 7.76.